The fraction of sp³-hybridized carbons (Fsp3) is 0.286. The molecule has 1 fully saturated rings. The molecule has 2 aromatic rings. The van der Waals surface area contributed by atoms with Gasteiger partial charge in [0.25, 0.3) is 0 Å². The van der Waals surface area contributed by atoms with E-state index in [9.17, 15) is 4.79 Å². The molecule has 1 aromatic carbocycles. The van der Waals surface area contributed by atoms with Crippen molar-refractivity contribution in [2.45, 2.75) is 18.9 Å². The van der Waals surface area contributed by atoms with Crippen LogP contribution in [0, 0.1) is 0 Å². The molecule has 7 heteroatoms. The molecule has 1 saturated carbocycles. The number of halogens is 1. The number of nitrogen functional groups attached to an aromatic ring is 1. The van der Waals surface area contributed by atoms with Crippen molar-refractivity contribution in [2.24, 2.45) is 0 Å². The van der Waals surface area contributed by atoms with Crippen molar-refractivity contribution in [2.75, 3.05) is 18.2 Å². The Morgan fingerprint density at radius 1 is 1.43 bits per heavy atom. The molecular formula is C14H15BrN4O2. The molecule has 0 aliphatic heterocycles. The highest BCUT2D eigenvalue weighted by molar-refractivity contribution is 9.10. The average molecular weight is 351 g/mol. The number of aromatic nitrogens is 2. The van der Waals surface area contributed by atoms with Crippen molar-refractivity contribution >= 4 is 33.5 Å². The summed E-state index contributed by atoms with van der Waals surface area (Å²) in [6, 6.07) is 7.89. The van der Waals surface area contributed by atoms with Crippen molar-refractivity contribution in [3.05, 3.63) is 34.3 Å². The molecule has 0 saturated heterocycles. The molecule has 3 N–H and O–H groups in total. The zero-order valence-corrected chi connectivity index (χ0v) is 13.1. The third kappa shape index (κ3) is 2.73. The maximum atomic E-state index is 12.0. The predicted octanol–water partition coefficient (Wildman–Crippen LogP) is 2.58. The van der Waals surface area contributed by atoms with Crippen molar-refractivity contribution in [3.63, 3.8) is 0 Å². The van der Waals surface area contributed by atoms with E-state index in [-0.39, 0.29) is 11.4 Å². The highest BCUT2D eigenvalue weighted by atomic mass is 79.9. The summed E-state index contributed by atoms with van der Waals surface area (Å²) in [6.07, 6.45) is 2.15. The number of carbonyl (C=O) groups is 1. The molecular weight excluding hydrogens is 336 g/mol. The van der Waals surface area contributed by atoms with Gasteiger partial charge >= 0.3 is 5.97 Å². The van der Waals surface area contributed by atoms with Crippen LogP contribution in [0.1, 0.15) is 23.2 Å². The van der Waals surface area contributed by atoms with Gasteiger partial charge in [0.1, 0.15) is 11.4 Å². The van der Waals surface area contributed by atoms with Crippen LogP contribution < -0.4 is 11.1 Å². The van der Waals surface area contributed by atoms with Crippen LogP contribution in [0.25, 0.3) is 5.69 Å². The molecule has 0 radical (unpaired) electrons. The van der Waals surface area contributed by atoms with Crippen LogP contribution >= 0.6 is 15.9 Å². The number of hydrogen-bond donors (Lipinski definition) is 2. The van der Waals surface area contributed by atoms with Gasteiger partial charge in [0.2, 0.25) is 0 Å². The van der Waals surface area contributed by atoms with Gasteiger partial charge < -0.3 is 15.8 Å². The van der Waals surface area contributed by atoms with Gasteiger partial charge in [-0.1, -0.05) is 15.9 Å². The second kappa shape index (κ2) is 5.40. The normalized spacial score (nSPS) is 14.0. The number of benzene rings is 1. The van der Waals surface area contributed by atoms with Gasteiger partial charge in [-0.3, -0.25) is 0 Å². The maximum absolute atomic E-state index is 12.0. The minimum absolute atomic E-state index is 0.271. The first-order valence-corrected chi connectivity index (χ1v) is 7.38. The number of nitrogens with zero attached hydrogens (tertiary/aromatic N) is 2. The molecule has 0 unspecified atom stereocenters. The number of hydrogen-bond acceptors (Lipinski definition) is 5. The van der Waals surface area contributed by atoms with E-state index in [2.05, 4.69) is 26.3 Å². The Hall–Kier alpha value is -2.02. The van der Waals surface area contributed by atoms with Gasteiger partial charge in [0.05, 0.1) is 12.8 Å². The quantitative estimate of drug-likeness (QED) is 0.828. The Kier molecular flexibility index (Phi) is 3.59. The van der Waals surface area contributed by atoms with Gasteiger partial charge in [0, 0.05) is 10.5 Å². The zero-order chi connectivity index (χ0) is 15.0. The lowest BCUT2D eigenvalue weighted by molar-refractivity contribution is 0.0603. The topological polar surface area (TPSA) is 82.2 Å². The van der Waals surface area contributed by atoms with Gasteiger partial charge in [-0.05, 0) is 37.1 Å². The van der Waals surface area contributed by atoms with Gasteiger partial charge in [0.15, 0.2) is 5.82 Å². The maximum Gasteiger partial charge on any atom is 0.345 e. The number of anilines is 2. The molecule has 3 rings (SSSR count). The third-order valence-electron chi connectivity index (χ3n) is 3.30. The first-order valence-electron chi connectivity index (χ1n) is 6.59. The molecule has 1 aliphatic rings. The molecule has 1 aliphatic carbocycles. The van der Waals surface area contributed by atoms with Crippen LogP contribution in [0.2, 0.25) is 0 Å². The second-order valence-electron chi connectivity index (χ2n) is 4.91. The van der Waals surface area contributed by atoms with Crippen LogP contribution in [-0.4, -0.2) is 28.9 Å². The van der Waals surface area contributed by atoms with Crippen molar-refractivity contribution in [1.82, 2.24) is 9.78 Å². The zero-order valence-electron chi connectivity index (χ0n) is 11.5. The molecule has 0 spiro atoms. The summed E-state index contributed by atoms with van der Waals surface area (Å²) in [7, 11) is 1.33. The molecule has 0 atom stereocenters. The Bertz CT molecular complexity index is 677. The fourth-order valence-electron chi connectivity index (χ4n) is 2.04. The predicted molar refractivity (Wildman–Crippen MR) is 83.7 cm³/mol. The summed E-state index contributed by atoms with van der Waals surface area (Å²) in [5.74, 6) is 0.260. The van der Waals surface area contributed by atoms with Crippen LogP contribution in [0.4, 0.5) is 11.6 Å². The van der Waals surface area contributed by atoms with Gasteiger partial charge in [-0.15, -0.1) is 5.10 Å². The number of nitrogens with one attached hydrogen (secondary N) is 1. The van der Waals surface area contributed by atoms with E-state index < -0.39 is 5.97 Å². The molecule has 1 heterocycles. The van der Waals surface area contributed by atoms with E-state index in [0.717, 1.165) is 23.0 Å². The Morgan fingerprint density at radius 3 is 2.67 bits per heavy atom. The monoisotopic (exact) mass is 350 g/mol. The minimum atomic E-state index is -0.487. The Balaban J connectivity index is 2.06. The summed E-state index contributed by atoms with van der Waals surface area (Å²) < 4.78 is 7.31. The first kappa shape index (κ1) is 13.9. The molecule has 21 heavy (non-hydrogen) atoms. The largest absolute Gasteiger partial charge is 0.465 e. The van der Waals surface area contributed by atoms with E-state index in [0.29, 0.717) is 11.9 Å². The number of nitrogens with two attached hydrogens (primary N) is 1. The summed E-state index contributed by atoms with van der Waals surface area (Å²) >= 11 is 3.38. The van der Waals surface area contributed by atoms with Gasteiger partial charge in [-0.2, -0.15) is 0 Å². The van der Waals surface area contributed by atoms with Crippen LogP contribution in [0.5, 0.6) is 0 Å². The van der Waals surface area contributed by atoms with E-state index in [4.69, 9.17) is 10.5 Å². The van der Waals surface area contributed by atoms with Crippen molar-refractivity contribution in [3.8, 4) is 5.69 Å². The fourth-order valence-corrected chi connectivity index (χ4v) is 2.30. The number of rotatable bonds is 4. The van der Waals surface area contributed by atoms with Crippen LogP contribution in [-0.2, 0) is 4.74 Å². The standard InChI is InChI=1S/C14H15BrN4O2/c1-21-14(20)11-12(16)19(10-6-2-8(15)3-7-10)18-13(11)17-9-4-5-9/h2-3,6-7,9H,4-5,16H2,1H3,(H,17,18). The molecule has 0 amide bonds. The SMILES string of the molecule is COC(=O)c1c(NC2CC2)nn(-c2ccc(Br)cc2)c1N. The molecule has 0 bridgehead atoms. The van der Waals surface area contributed by atoms with E-state index in [1.54, 1.807) is 4.68 Å². The van der Waals surface area contributed by atoms with Crippen molar-refractivity contribution < 1.29 is 9.53 Å². The lowest BCUT2D eigenvalue weighted by atomic mass is 10.3. The Labute approximate surface area is 130 Å². The summed E-state index contributed by atoms with van der Waals surface area (Å²) in [5.41, 5.74) is 7.16. The lowest BCUT2D eigenvalue weighted by Crippen LogP contribution is -2.10. The summed E-state index contributed by atoms with van der Waals surface area (Å²) in [6.45, 7) is 0. The number of carbonyl (C=O) groups excluding carboxylic acids is 1. The van der Waals surface area contributed by atoms with Crippen LogP contribution in [0.15, 0.2) is 28.7 Å². The van der Waals surface area contributed by atoms with Crippen molar-refractivity contribution in [1.29, 1.82) is 0 Å². The highest BCUT2D eigenvalue weighted by Crippen LogP contribution is 2.31. The third-order valence-corrected chi connectivity index (χ3v) is 3.83. The molecule has 6 nitrogen and oxygen atoms in total. The van der Waals surface area contributed by atoms with E-state index in [1.165, 1.54) is 7.11 Å². The first-order chi connectivity index (χ1) is 10.1. The minimum Gasteiger partial charge on any atom is -0.465 e. The van der Waals surface area contributed by atoms with E-state index in [1.807, 2.05) is 24.3 Å². The number of esters is 1. The smallest absolute Gasteiger partial charge is 0.345 e. The average Bonchev–Trinajstić information content (AvgIpc) is 3.23. The summed E-state index contributed by atoms with van der Waals surface area (Å²) in [4.78, 5) is 12.0. The number of methoxy groups -OCH3 is 1. The number of ether oxygens (including phenoxy) is 1. The van der Waals surface area contributed by atoms with Crippen LogP contribution in [0.3, 0.4) is 0 Å². The van der Waals surface area contributed by atoms with E-state index >= 15 is 0 Å². The molecule has 110 valence electrons. The second-order valence-corrected chi connectivity index (χ2v) is 5.82. The lowest BCUT2D eigenvalue weighted by Gasteiger charge is -2.04. The van der Waals surface area contributed by atoms with Gasteiger partial charge in [-0.25, -0.2) is 9.48 Å². The summed E-state index contributed by atoms with van der Waals surface area (Å²) in [5, 5.41) is 7.64. The molecule has 1 aromatic heterocycles. The highest BCUT2D eigenvalue weighted by Gasteiger charge is 2.29. The Morgan fingerprint density at radius 2 is 2.10 bits per heavy atom.